The first-order valence-corrected chi connectivity index (χ1v) is 34.5. The zero-order valence-corrected chi connectivity index (χ0v) is 55.7. The highest BCUT2D eigenvalue weighted by molar-refractivity contribution is 8.26. The lowest BCUT2D eigenvalue weighted by Gasteiger charge is -2.18. The number of nitro groups is 4. The molecule has 2 saturated carbocycles. The first-order chi connectivity index (χ1) is 44.6. The quantitative estimate of drug-likeness (QED) is 0.0149. The fourth-order valence-electron chi connectivity index (χ4n) is 7.79. The number of carboxylic acid groups (broad SMARTS) is 1. The van der Waals surface area contributed by atoms with E-state index in [0.717, 1.165) is 55.0 Å². The zero-order valence-electron chi connectivity index (χ0n) is 49.3. The largest absolute Gasteiger partial charge is 0.772 e. The van der Waals surface area contributed by atoms with Gasteiger partial charge in [0.15, 0.2) is 23.1 Å². The van der Waals surface area contributed by atoms with E-state index in [4.69, 9.17) is 36.0 Å². The molecule has 2 fully saturated rings. The number of aromatic carboxylic acids is 1. The number of aliphatic hydroxyl groups is 1. The Morgan fingerprint density at radius 1 is 0.562 bits per heavy atom. The smallest absolute Gasteiger partial charge is 0.350 e. The molecule has 4 aromatic carbocycles. The Morgan fingerprint density at radius 3 is 1.19 bits per heavy atom. The third-order valence-electron chi connectivity index (χ3n) is 11.8. The molecule has 34 nitrogen and oxygen atoms in total. The SMILES string of the molecule is CC(C)(O)C#N.O=C(Cl)c1ccc(CS(=O)[O-])cc1[N+](=O)[O-].O=C(O)c1ccc(CS(=O)[O-])cc1[N+](=O)[O-].O=C1C=C(OC(=O)c2ccc(CS(=O)[O-])cc2[N+](=O)[O-])CCC1.O=C1CCCC(=O)C1.O=C1CCCC(=O)C1C(=O)c1ccc(CS(=O)[O-])cc1[N+](=O)[O-].O=S(Cl)Cl. The maximum Gasteiger partial charge on any atom is 0.350 e. The minimum atomic E-state index is -2.44. The molecule has 0 aliphatic heterocycles. The lowest BCUT2D eigenvalue weighted by atomic mass is 9.81. The number of Topliss-reactive ketones (excluding diaryl/α,β-unsaturated/α-hetero) is 5. The second-order valence-corrected chi connectivity index (χ2v) is 26.1. The van der Waals surface area contributed by atoms with Gasteiger partial charge in [0.2, 0.25) is 9.23 Å². The normalized spacial score (nSPS) is 14.7. The van der Waals surface area contributed by atoms with E-state index in [1.165, 1.54) is 44.2 Å². The summed E-state index contributed by atoms with van der Waals surface area (Å²) in [4.78, 5) is 142. The lowest BCUT2D eigenvalue weighted by molar-refractivity contribution is -0.385. The van der Waals surface area contributed by atoms with Gasteiger partial charge < -0.3 is 33.2 Å². The van der Waals surface area contributed by atoms with E-state index in [1.807, 2.05) is 0 Å². The number of nitro benzene ring substituents is 4. The number of hydrogen-bond donors (Lipinski definition) is 2. The predicted octanol–water partition coefficient (Wildman–Crippen LogP) is 6.91. The van der Waals surface area contributed by atoms with Crippen molar-refractivity contribution in [1.82, 2.24) is 0 Å². The molecule has 0 aromatic heterocycles. The summed E-state index contributed by atoms with van der Waals surface area (Å²) in [5.74, 6) is -7.19. The molecule has 0 spiro atoms. The summed E-state index contributed by atoms with van der Waals surface area (Å²) in [6.45, 7) is 2.88. The van der Waals surface area contributed by atoms with Crippen LogP contribution < -0.4 is 0 Å². The maximum atomic E-state index is 12.4. The Kier molecular flexibility index (Phi) is 37.8. The van der Waals surface area contributed by atoms with Crippen molar-refractivity contribution in [3.8, 4) is 6.07 Å². The highest BCUT2D eigenvalue weighted by atomic mass is 36.0. The van der Waals surface area contributed by atoms with Gasteiger partial charge in [-0.15, -0.1) is 0 Å². The van der Waals surface area contributed by atoms with Gasteiger partial charge in [-0.2, -0.15) is 5.26 Å². The van der Waals surface area contributed by atoms with Crippen molar-refractivity contribution in [2.24, 2.45) is 5.92 Å². The van der Waals surface area contributed by atoms with Crippen molar-refractivity contribution < 1.29 is 117 Å². The molecule has 42 heteroatoms. The van der Waals surface area contributed by atoms with Crippen LogP contribution in [0, 0.1) is 57.7 Å². The van der Waals surface area contributed by atoms with E-state index >= 15 is 0 Å². The van der Waals surface area contributed by atoms with Crippen molar-refractivity contribution in [2.45, 2.75) is 107 Å². The summed E-state index contributed by atoms with van der Waals surface area (Å²) in [5.41, 5.74) is -4.07. The van der Waals surface area contributed by atoms with Crippen molar-refractivity contribution in [3.63, 3.8) is 0 Å². The Labute approximate surface area is 568 Å². The standard InChI is InChI=1S/2C14H13NO7S.C8H6ClNO5S.C8H7NO6S.C6H8O2.C4H7NO.Cl2OS/c16-10-2-1-3-11(7-10)22-14(17)12-5-4-9(8-23(20)21)6-13(12)15(18)19;16-11-2-1-3-12(17)13(11)14(18)9-5-4-8(7-23(21)22)6-10(9)15(19)20;9-8(11)6-2-1-5(4-16(14)15)3-7(6)10(12)13;10-8(11)6-2-1-5(4-16(14)15)3-7(6)9(12)13;7-5-2-1-3-6(8)4-5;1-4(2,6)3-5;1-4(2)3/h4-7H,1-3,8H2,(H,20,21);4-6,13H,1-3,7H2,(H,21,22);1-3H,4H2,(H,14,15);1-3H,4H2,(H,10,11)(H,14,15);1-4H2;6H,1-2H3;/p-4. The van der Waals surface area contributed by atoms with Crippen molar-refractivity contribution in [2.75, 3.05) is 0 Å². The maximum absolute atomic E-state index is 12.4. The van der Waals surface area contributed by atoms with Gasteiger partial charge in [0, 0.05) is 113 Å². The van der Waals surface area contributed by atoms with Gasteiger partial charge in [-0.05, 0) is 91.2 Å². The minimum absolute atomic E-state index is 0.0865. The number of benzene rings is 4. The third-order valence-corrected chi connectivity index (χ3v) is 14.3. The number of rotatable bonds is 18. The zero-order chi connectivity index (χ0) is 73.5. The first kappa shape index (κ1) is 85.8. The molecule has 7 rings (SSSR count). The van der Waals surface area contributed by atoms with Crippen molar-refractivity contribution >= 4 is 161 Å². The van der Waals surface area contributed by atoms with E-state index in [9.17, 15) is 119 Å². The van der Waals surface area contributed by atoms with Crippen molar-refractivity contribution in [1.29, 1.82) is 5.26 Å². The highest BCUT2D eigenvalue weighted by Gasteiger charge is 2.39. The van der Waals surface area contributed by atoms with Crippen LogP contribution in [-0.4, -0.2) is 127 Å². The number of nitriles is 1. The van der Waals surface area contributed by atoms with Gasteiger partial charge in [-0.3, -0.25) is 90.9 Å². The summed E-state index contributed by atoms with van der Waals surface area (Å²) >= 11 is -4.41. The van der Waals surface area contributed by atoms with E-state index in [-0.39, 0.29) is 92.8 Å². The van der Waals surface area contributed by atoms with Crippen LogP contribution >= 0.6 is 33.0 Å². The predicted molar refractivity (Wildman–Crippen MR) is 334 cm³/mol. The summed E-state index contributed by atoms with van der Waals surface area (Å²) in [6, 6.07) is 15.1. The second kappa shape index (κ2) is 42.3. The second-order valence-electron chi connectivity index (χ2n) is 19.7. The fourth-order valence-corrected chi connectivity index (χ4v) is 9.76. The molecular weight excluding hydrogens is 1450 g/mol. The van der Waals surface area contributed by atoms with Gasteiger partial charge in [0.1, 0.15) is 45.5 Å². The summed E-state index contributed by atoms with van der Waals surface area (Å²) in [6.07, 6.45) is 5.29. The van der Waals surface area contributed by atoms with Crippen LogP contribution in [-0.2, 0) is 105 Å². The monoisotopic (exact) mass is 1500 g/mol. The van der Waals surface area contributed by atoms with Crippen molar-refractivity contribution in [3.05, 3.63) is 170 Å². The molecular formula is C54H50Cl3N5O29S5-4. The minimum Gasteiger partial charge on any atom is -0.772 e. The molecule has 3 aliphatic rings. The topological polar surface area (TPSA) is 577 Å². The average molecular weight is 1500 g/mol. The molecule has 0 heterocycles. The van der Waals surface area contributed by atoms with E-state index in [2.05, 4.69) is 21.4 Å². The van der Waals surface area contributed by atoms with Gasteiger partial charge in [-0.25, -0.2) is 13.8 Å². The molecule has 520 valence electrons. The van der Waals surface area contributed by atoms with Crippen LogP contribution in [0.4, 0.5) is 22.7 Å². The summed E-state index contributed by atoms with van der Waals surface area (Å²) in [5, 5.41) is 67.5. The Balaban J connectivity index is 0.000000594. The number of allylic oxidation sites excluding steroid dienone is 2. The number of hydrogen-bond acceptors (Lipinski definition) is 29. The average Bonchev–Trinajstić information content (AvgIpc) is 0.809. The first-order valence-electron chi connectivity index (χ1n) is 26.3. The molecule has 4 aromatic rings. The molecule has 3 aliphatic carbocycles. The molecule has 0 radical (unpaired) electrons. The van der Waals surface area contributed by atoms with Gasteiger partial charge >= 0.3 is 11.9 Å². The number of carbonyl (C=O) groups is 9. The Bertz CT molecular complexity index is 3750. The number of carboxylic acids is 1. The van der Waals surface area contributed by atoms with Crippen LogP contribution in [0.5, 0.6) is 0 Å². The number of nitrogens with zero attached hydrogens (tertiary/aromatic N) is 5. The Hall–Kier alpha value is -8.24. The number of ether oxygens (including phenoxy) is 1. The van der Waals surface area contributed by atoms with E-state index in [0.29, 0.717) is 38.5 Å². The fraction of sp³-hybridized carbons (Fsp3) is 0.333. The number of esters is 1. The van der Waals surface area contributed by atoms with Crippen LogP contribution in [0.3, 0.4) is 0 Å². The van der Waals surface area contributed by atoms with Gasteiger partial charge in [-0.1, -0.05) is 68.6 Å². The van der Waals surface area contributed by atoms with E-state index in [1.54, 1.807) is 6.07 Å². The molecule has 2 N–H and O–H groups in total. The number of carbonyl (C=O) groups excluding carboxylic acids is 8. The molecule has 0 amide bonds. The van der Waals surface area contributed by atoms with Gasteiger partial charge in [0.05, 0.1) is 37.7 Å². The summed E-state index contributed by atoms with van der Waals surface area (Å²) < 4.78 is 98.4. The van der Waals surface area contributed by atoms with Crippen LogP contribution in [0.2, 0.25) is 0 Å². The molecule has 4 unspecified atom stereocenters. The Morgan fingerprint density at radius 2 is 0.875 bits per heavy atom. The van der Waals surface area contributed by atoms with Crippen LogP contribution in [0.15, 0.2) is 84.6 Å². The lowest BCUT2D eigenvalue weighted by Crippen LogP contribution is -2.35. The molecule has 0 saturated heterocycles. The van der Waals surface area contributed by atoms with Crippen LogP contribution in [0.25, 0.3) is 0 Å². The van der Waals surface area contributed by atoms with Gasteiger partial charge in [0.25, 0.3) is 28.0 Å². The molecule has 96 heavy (non-hydrogen) atoms. The highest BCUT2D eigenvalue weighted by Crippen LogP contribution is 2.30. The van der Waals surface area contributed by atoms with E-state index < -0.39 is 159 Å². The number of halogens is 3. The number of ketones is 6. The summed E-state index contributed by atoms with van der Waals surface area (Å²) in [7, 11) is 7.36. The third kappa shape index (κ3) is 32.9. The molecule has 0 bridgehead atoms. The molecule has 4 atom stereocenters. The van der Waals surface area contributed by atoms with Crippen LogP contribution in [0.1, 0.15) is 142 Å².